The first-order valence-electron chi connectivity index (χ1n) is 5.35. The van der Waals surface area contributed by atoms with E-state index in [1.165, 1.54) is 10.1 Å². The van der Waals surface area contributed by atoms with Gasteiger partial charge >= 0.3 is 10.4 Å². The van der Waals surface area contributed by atoms with E-state index in [0.717, 1.165) is 0 Å². The molecule has 0 fully saturated rings. The van der Waals surface area contributed by atoms with E-state index < -0.39 is 10.4 Å². The van der Waals surface area contributed by atoms with E-state index >= 15 is 0 Å². The minimum atomic E-state index is -4.08. The van der Waals surface area contributed by atoms with Crippen molar-refractivity contribution in [1.29, 1.82) is 0 Å². The molecule has 2 aliphatic heterocycles. The van der Waals surface area contributed by atoms with Crippen molar-refractivity contribution in [2.75, 3.05) is 23.2 Å². The van der Waals surface area contributed by atoms with Gasteiger partial charge in [0.2, 0.25) is 0 Å². The third-order valence-electron chi connectivity index (χ3n) is 2.36. The van der Waals surface area contributed by atoms with Gasteiger partial charge in [0, 0.05) is 13.1 Å². The number of hydrogen-bond acceptors (Lipinski definition) is 6. The van der Waals surface area contributed by atoms with Crippen molar-refractivity contribution >= 4 is 21.8 Å². The fraction of sp³-hybridized carbons (Fsp3) is 0.400. The molecule has 17 heavy (non-hydrogen) atoms. The summed E-state index contributed by atoms with van der Waals surface area (Å²) in [5.41, 5.74) is 1.34. The number of nitrogens with zero attached hydrogens (tertiary/aromatic N) is 2. The Morgan fingerprint density at radius 2 is 1.29 bits per heavy atom. The summed E-state index contributed by atoms with van der Waals surface area (Å²) < 4.78 is 33.0. The molecule has 0 spiro atoms. The Kier molecular flexibility index (Phi) is 3.23. The molecule has 2 bridgehead atoms. The van der Waals surface area contributed by atoms with Crippen LogP contribution in [0.3, 0.4) is 0 Å². The molecule has 0 radical (unpaired) electrons. The average molecular weight is 258 g/mol. The largest absolute Gasteiger partial charge is 0.442 e. The molecule has 94 valence electrons. The molecule has 1 aromatic rings. The summed E-state index contributed by atoms with van der Waals surface area (Å²) in [6.45, 7) is 4.37. The van der Waals surface area contributed by atoms with Crippen molar-refractivity contribution < 1.29 is 17.0 Å². The second-order valence-electron chi connectivity index (χ2n) is 3.46. The Bertz CT molecular complexity index is 447. The first-order valence-corrected chi connectivity index (χ1v) is 6.68. The van der Waals surface area contributed by atoms with Gasteiger partial charge in [0.15, 0.2) is 0 Å². The standard InChI is InChI=1S/C10H14N2O4S/c1-3-11-9-5-7-10(8-6-9)12(4-2)16-17(13,14)15-11/h5-8H,3-4H2,1-2H3. The Hall–Kier alpha value is -1.31. The van der Waals surface area contributed by atoms with Crippen LogP contribution in [0.15, 0.2) is 24.3 Å². The zero-order valence-electron chi connectivity index (χ0n) is 9.66. The van der Waals surface area contributed by atoms with E-state index in [0.29, 0.717) is 24.5 Å². The molecule has 0 atom stereocenters. The minimum absolute atomic E-state index is 0.397. The lowest BCUT2D eigenvalue weighted by atomic mass is 10.2. The van der Waals surface area contributed by atoms with Crippen LogP contribution in [0, 0.1) is 0 Å². The third kappa shape index (κ3) is 2.51. The zero-order valence-corrected chi connectivity index (χ0v) is 10.5. The lowest BCUT2D eigenvalue weighted by molar-refractivity contribution is 0.190. The van der Waals surface area contributed by atoms with Crippen molar-refractivity contribution in [3.63, 3.8) is 0 Å². The Balaban J connectivity index is 2.46. The maximum absolute atomic E-state index is 11.6. The molecule has 7 heteroatoms. The summed E-state index contributed by atoms with van der Waals surface area (Å²) in [5.74, 6) is 0. The minimum Gasteiger partial charge on any atom is -0.235 e. The second-order valence-corrected chi connectivity index (χ2v) is 4.58. The highest BCUT2D eigenvalue weighted by atomic mass is 32.3. The summed E-state index contributed by atoms with van der Waals surface area (Å²) in [4.78, 5) is 0. The highest BCUT2D eigenvalue weighted by Crippen LogP contribution is 2.25. The van der Waals surface area contributed by atoms with Crippen molar-refractivity contribution in [1.82, 2.24) is 0 Å². The van der Waals surface area contributed by atoms with Gasteiger partial charge in [-0.1, -0.05) is 0 Å². The Labute approximate surface area is 101 Å². The van der Waals surface area contributed by atoms with Crippen LogP contribution >= 0.6 is 0 Å². The molecule has 0 N–H and O–H groups in total. The van der Waals surface area contributed by atoms with E-state index in [1.807, 2.05) is 0 Å². The van der Waals surface area contributed by atoms with Gasteiger partial charge in [-0.25, -0.2) is 10.1 Å². The average Bonchev–Trinajstić information content (AvgIpc) is 2.41. The van der Waals surface area contributed by atoms with Crippen molar-refractivity contribution in [2.45, 2.75) is 13.8 Å². The van der Waals surface area contributed by atoms with Gasteiger partial charge in [-0.15, -0.1) is 8.57 Å². The van der Waals surface area contributed by atoms with Gasteiger partial charge in [-0.2, -0.15) is 8.42 Å². The van der Waals surface area contributed by atoms with Crippen LogP contribution in [0.1, 0.15) is 13.8 Å². The monoisotopic (exact) mass is 258 g/mol. The van der Waals surface area contributed by atoms with E-state index in [-0.39, 0.29) is 0 Å². The number of benzene rings is 1. The molecule has 0 saturated carbocycles. The highest BCUT2D eigenvalue weighted by Gasteiger charge is 2.25. The van der Waals surface area contributed by atoms with Gasteiger partial charge < -0.3 is 0 Å². The molecular weight excluding hydrogens is 244 g/mol. The highest BCUT2D eigenvalue weighted by molar-refractivity contribution is 7.81. The number of hydroxylamine groups is 2. The van der Waals surface area contributed by atoms with Crippen molar-refractivity contribution in [3.05, 3.63) is 24.3 Å². The number of hydrogen-bond donors (Lipinski definition) is 0. The van der Waals surface area contributed by atoms with Crippen molar-refractivity contribution in [3.8, 4) is 0 Å². The van der Waals surface area contributed by atoms with Gasteiger partial charge in [-0.3, -0.25) is 0 Å². The SMILES string of the molecule is CCN1OS(=O)(=O)ON(CC)c2ccc1cc2. The molecule has 6 nitrogen and oxygen atoms in total. The van der Waals surface area contributed by atoms with E-state index in [4.69, 9.17) is 8.57 Å². The number of anilines is 2. The summed E-state index contributed by atoms with van der Waals surface area (Å²) in [6, 6.07) is 7.13. The maximum Gasteiger partial charge on any atom is 0.442 e. The van der Waals surface area contributed by atoms with Crippen LogP contribution in [-0.2, 0) is 19.0 Å². The fourth-order valence-corrected chi connectivity index (χ4v) is 2.43. The van der Waals surface area contributed by atoms with Crippen LogP contribution in [0.4, 0.5) is 11.4 Å². The number of fused-ring (bicyclic) bond motifs is 6. The van der Waals surface area contributed by atoms with E-state index in [9.17, 15) is 8.42 Å². The smallest absolute Gasteiger partial charge is 0.235 e. The molecule has 0 aliphatic carbocycles. The Morgan fingerprint density at radius 3 is 1.59 bits per heavy atom. The quantitative estimate of drug-likeness (QED) is 0.800. The molecule has 3 rings (SSSR count). The topological polar surface area (TPSA) is 59.1 Å². The maximum atomic E-state index is 11.6. The predicted octanol–water partition coefficient (Wildman–Crippen LogP) is 1.46. The zero-order chi connectivity index (χ0) is 12.5. The molecule has 0 unspecified atom stereocenters. The summed E-state index contributed by atoms with van der Waals surface area (Å²) in [5, 5.41) is 2.52. The van der Waals surface area contributed by atoms with E-state index in [2.05, 4.69) is 0 Å². The summed E-state index contributed by atoms with van der Waals surface area (Å²) in [6.07, 6.45) is 0. The van der Waals surface area contributed by atoms with Crippen LogP contribution in [0.25, 0.3) is 0 Å². The van der Waals surface area contributed by atoms with Crippen LogP contribution in [0.5, 0.6) is 0 Å². The number of rotatable bonds is 2. The molecule has 2 aliphatic rings. The van der Waals surface area contributed by atoms with Gasteiger partial charge in [0.25, 0.3) is 0 Å². The molecule has 0 amide bonds. The molecular formula is C10H14N2O4S. The normalized spacial score (nSPS) is 18.7. The lowest BCUT2D eigenvalue weighted by Gasteiger charge is -2.21. The molecule has 0 aromatic heterocycles. The van der Waals surface area contributed by atoms with Gasteiger partial charge in [0.05, 0.1) is 11.4 Å². The van der Waals surface area contributed by atoms with Crippen LogP contribution < -0.4 is 10.1 Å². The molecule has 0 saturated heterocycles. The second kappa shape index (κ2) is 4.52. The molecule has 2 heterocycles. The predicted molar refractivity (Wildman–Crippen MR) is 63.6 cm³/mol. The summed E-state index contributed by atoms with van der Waals surface area (Å²) >= 11 is 0. The van der Waals surface area contributed by atoms with Crippen LogP contribution in [-0.4, -0.2) is 21.5 Å². The lowest BCUT2D eigenvalue weighted by Crippen LogP contribution is -2.32. The van der Waals surface area contributed by atoms with Gasteiger partial charge in [0.1, 0.15) is 0 Å². The first-order chi connectivity index (χ1) is 8.05. The molecule has 1 aromatic carbocycles. The van der Waals surface area contributed by atoms with Gasteiger partial charge in [-0.05, 0) is 38.1 Å². The van der Waals surface area contributed by atoms with Crippen molar-refractivity contribution in [2.24, 2.45) is 0 Å². The fourth-order valence-electron chi connectivity index (χ4n) is 1.58. The third-order valence-corrected chi connectivity index (χ3v) is 3.09. The summed E-state index contributed by atoms with van der Waals surface area (Å²) in [7, 11) is -4.08. The first kappa shape index (κ1) is 12.2. The Morgan fingerprint density at radius 1 is 0.941 bits per heavy atom. The van der Waals surface area contributed by atoms with E-state index in [1.54, 1.807) is 38.1 Å². The van der Waals surface area contributed by atoms with Crippen LogP contribution in [0.2, 0.25) is 0 Å².